The number of nitrogens with one attached hydrogen (secondary N) is 3. The van der Waals surface area contributed by atoms with Crippen molar-refractivity contribution >= 4 is 29.6 Å². The van der Waals surface area contributed by atoms with Crippen LogP contribution in [0.5, 0.6) is 5.75 Å². The van der Waals surface area contributed by atoms with E-state index >= 15 is 0 Å². The molecule has 8 heteroatoms. The summed E-state index contributed by atoms with van der Waals surface area (Å²) in [7, 11) is 0. The van der Waals surface area contributed by atoms with Gasteiger partial charge in [0.2, 0.25) is 0 Å². The Kier molecular flexibility index (Phi) is 7.54. The van der Waals surface area contributed by atoms with E-state index in [0.29, 0.717) is 17.0 Å². The van der Waals surface area contributed by atoms with Gasteiger partial charge in [0.1, 0.15) is 5.75 Å². The molecule has 0 saturated heterocycles. The van der Waals surface area contributed by atoms with E-state index in [1.807, 2.05) is 18.2 Å². The van der Waals surface area contributed by atoms with Crippen LogP contribution >= 0.6 is 0 Å². The summed E-state index contributed by atoms with van der Waals surface area (Å²) in [6.45, 7) is -0.117. The molecule has 3 amide bonds. The van der Waals surface area contributed by atoms with E-state index < -0.39 is 11.8 Å². The fourth-order valence-electron chi connectivity index (χ4n) is 3.05. The van der Waals surface area contributed by atoms with E-state index in [1.165, 1.54) is 6.21 Å². The zero-order chi connectivity index (χ0) is 21.2. The first-order chi connectivity index (χ1) is 14.6. The summed E-state index contributed by atoms with van der Waals surface area (Å²) in [5.41, 5.74) is 3.62. The minimum atomic E-state index is -0.789. The van der Waals surface area contributed by atoms with Crippen molar-refractivity contribution in [3.63, 3.8) is 0 Å². The topological polar surface area (TPSA) is 109 Å². The lowest BCUT2D eigenvalue weighted by Crippen LogP contribution is -2.42. The molecule has 156 valence electrons. The highest BCUT2D eigenvalue weighted by atomic mass is 16.5. The molecule has 1 fully saturated rings. The van der Waals surface area contributed by atoms with Gasteiger partial charge < -0.3 is 15.4 Å². The molecule has 0 aliphatic heterocycles. The minimum Gasteiger partial charge on any atom is -0.484 e. The number of hydrazone groups is 1. The Morgan fingerprint density at radius 2 is 1.67 bits per heavy atom. The van der Waals surface area contributed by atoms with Crippen LogP contribution in [0.1, 0.15) is 31.2 Å². The third-order valence-electron chi connectivity index (χ3n) is 4.58. The molecule has 0 bridgehead atoms. The highest BCUT2D eigenvalue weighted by Crippen LogP contribution is 2.17. The number of carbonyl (C=O) groups excluding carboxylic acids is 3. The van der Waals surface area contributed by atoms with Crippen LogP contribution in [-0.2, 0) is 14.4 Å². The Labute approximate surface area is 174 Å². The summed E-state index contributed by atoms with van der Waals surface area (Å²) in [5, 5.41) is 9.23. The van der Waals surface area contributed by atoms with Crippen molar-refractivity contribution in [3.8, 4) is 5.75 Å². The monoisotopic (exact) mass is 408 g/mol. The van der Waals surface area contributed by atoms with E-state index in [-0.39, 0.29) is 18.6 Å². The Morgan fingerprint density at radius 1 is 0.967 bits per heavy atom. The summed E-state index contributed by atoms with van der Waals surface area (Å²) in [6.07, 6.45) is 5.38. The summed E-state index contributed by atoms with van der Waals surface area (Å²) < 4.78 is 5.45. The van der Waals surface area contributed by atoms with Crippen LogP contribution in [-0.4, -0.2) is 36.6 Å². The molecule has 3 rings (SSSR count). The summed E-state index contributed by atoms with van der Waals surface area (Å²) in [4.78, 5) is 35.4. The first kappa shape index (κ1) is 21.0. The molecule has 1 aliphatic carbocycles. The maximum atomic E-state index is 11.9. The van der Waals surface area contributed by atoms with Gasteiger partial charge in [-0.15, -0.1) is 0 Å². The number of nitrogens with zero attached hydrogens (tertiary/aromatic N) is 1. The Morgan fingerprint density at radius 3 is 2.37 bits per heavy atom. The Bertz CT molecular complexity index is 891. The highest BCUT2D eigenvalue weighted by Gasteiger charge is 2.20. The van der Waals surface area contributed by atoms with E-state index in [0.717, 1.165) is 25.7 Å². The lowest BCUT2D eigenvalue weighted by Gasteiger charge is -2.10. The van der Waals surface area contributed by atoms with Crippen molar-refractivity contribution < 1.29 is 19.1 Å². The van der Waals surface area contributed by atoms with Crippen molar-refractivity contribution in [1.29, 1.82) is 0 Å². The number of amides is 3. The van der Waals surface area contributed by atoms with Gasteiger partial charge >= 0.3 is 11.8 Å². The van der Waals surface area contributed by atoms with Gasteiger partial charge in [-0.1, -0.05) is 31.0 Å². The van der Waals surface area contributed by atoms with Crippen LogP contribution in [0.2, 0.25) is 0 Å². The number of anilines is 1. The van der Waals surface area contributed by atoms with Crippen LogP contribution in [0.4, 0.5) is 5.69 Å². The fraction of sp³-hybridized carbons (Fsp3) is 0.273. The van der Waals surface area contributed by atoms with Gasteiger partial charge in [-0.2, -0.15) is 5.10 Å². The number of benzene rings is 2. The first-order valence-electron chi connectivity index (χ1n) is 9.82. The molecule has 30 heavy (non-hydrogen) atoms. The smallest absolute Gasteiger partial charge is 0.329 e. The largest absolute Gasteiger partial charge is 0.484 e. The fourth-order valence-corrected chi connectivity index (χ4v) is 3.05. The van der Waals surface area contributed by atoms with Crippen molar-refractivity contribution in [3.05, 3.63) is 60.2 Å². The molecule has 2 aromatic rings. The summed E-state index contributed by atoms with van der Waals surface area (Å²) in [5.74, 6) is -1.19. The van der Waals surface area contributed by atoms with Crippen LogP contribution in [0, 0.1) is 0 Å². The molecule has 0 heterocycles. The molecule has 0 atom stereocenters. The molecule has 0 aromatic heterocycles. The Balaban J connectivity index is 1.39. The van der Waals surface area contributed by atoms with E-state index in [2.05, 4.69) is 21.2 Å². The third kappa shape index (κ3) is 6.73. The number of rotatable bonds is 7. The molecule has 2 aromatic carbocycles. The second-order valence-corrected chi connectivity index (χ2v) is 6.93. The zero-order valence-corrected chi connectivity index (χ0v) is 16.5. The van der Waals surface area contributed by atoms with Crippen LogP contribution in [0.25, 0.3) is 0 Å². The van der Waals surface area contributed by atoms with Crippen molar-refractivity contribution in [2.24, 2.45) is 5.10 Å². The predicted molar refractivity (Wildman–Crippen MR) is 113 cm³/mol. The molecule has 0 unspecified atom stereocenters. The summed E-state index contributed by atoms with van der Waals surface area (Å²) >= 11 is 0. The minimum absolute atomic E-state index is 0.0783. The lowest BCUT2D eigenvalue weighted by atomic mass is 10.2. The number of hydrogen-bond acceptors (Lipinski definition) is 5. The standard InChI is InChI=1S/C22H24N4O4/c27-20(24-17-6-2-1-3-7-17)15-30-19-12-10-16(11-13-19)14-23-26-22(29)21(28)25-18-8-4-5-9-18/h1-3,6-7,10-14,18H,4-5,8-9,15H2,(H,24,27)(H,25,28)(H,26,29)/b23-14-. The molecule has 0 radical (unpaired) electrons. The van der Waals surface area contributed by atoms with Gasteiger partial charge in [0, 0.05) is 11.7 Å². The van der Waals surface area contributed by atoms with Gasteiger partial charge in [-0.25, -0.2) is 5.43 Å². The van der Waals surface area contributed by atoms with Gasteiger partial charge in [0.15, 0.2) is 6.61 Å². The van der Waals surface area contributed by atoms with E-state index in [9.17, 15) is 14.4 Å². The highest BCUT2D eigenvalue weighted by molar-refractivity contribution is 6.35. The predicted octanol–water partition coefficient (Wildman–Crippen LogP) is 2.21. The number of ether oxygens (including phenoxy) is 1. The molecule has 3 N–H and O–H groups in total. The maximum Gasteiger partial charge on any atom is 0.329 e. The second kappa shape index (κ2) is 10.8. The van der Waals surface area contributed by atoms with Gasteiger partial charge in [-0.3, -0.25) is 14.4 Å². The maximum absolute atomic E-state index is 11.9. The average Bonchev–Trinajstić information content (AvgIpc) is 3.27. The van der Waals surface area contributed by atoms with Crippen molar-refractivity contribution in [1.82, 2.24) is 10.7 Å². The normalized spacial score (nSPS) is 13.7. The number of carbonyl (C=O) groups is 3. The van der Waals surface area contributed by atoms with Gasteiger partial charge in [0.25, 0.3) is 5.91 Å². The van der Waals surface area contributed by atoms with Crippen molar-refractivity contribution in [2.75, 3.05) is 11.9 Å². The van der Waals surface area contributed by atoms with Gasteiger partial charge in [-0.05, 0) is 54.8 Å². The molecule has 8 nitrogen and oxygen atoms in total. The number of hydrogen-bond donors (Lipinski definition) is 3. The average molecular weight is 408 g/mol. The first-order valence-corrected chi connectivity index (χ1v) is 9.82. The van der Waals surface area contributed by atoms with Crippen LogP contribution in [0.3, 0.4) is 0 Å². The second-order valence-electron chi connectivity index (χ2n) is 6.93. The SMILES string of the molecule is O=C(COc1ccc(/C=N\NC(=O)C(=O)NC2CCCC2)cc1)Nc1ccccc1. The lowest BCUT2D eigenvalue weighted by molar-refractivity contribution is -0.139. The molecular formula is C22H24N4O4. The Hall–Kier alpha value is -3.68. The molecule has 0 spiro atoms. The zero-order valence-electron chi connectivity index (χ0n) is 16.5. The molecule has 1 aliphatic rings. The number of para-hydroxylation sites is 1. The third-order valence-corrected chi connectivity index (χ3v) is 4.58. The molecular weight excluding hydrogens is 384 g/mol. The van der Waals surface area contributed by atoms with Crippen molar-refractivity contribution in [2.45, 2.75) is 31.7 Å². The van der Waals surface area contributed by atoms with E-state index in [4.69, 9.17) is 4.74 Å². The van der Waals surface area contributed by atoms with Gasteiger partial charge in [0.05, 0.1) is 6.21 Å². The van der Waals surface area contributed by atoms with Crippen LogP contribution in [0.15, 0.2) is 59.7 Å². The van der Waals surface area contributed by atoms with Crippen LogP contribution < -0.4 is 20.8 Å². The summed E-state index contributed by atoms with van der Waals surface area (Å²) in [6, 6.07) is 16.0. The molecule has 1 saturated carbocycles. The van der Waals surface area contributed by atoms with E-state index in [1.54, 1.807) is 36.4 Å². The quantitative estimate of drug-likeness (QED) is 0.371.